The lowest BCUT2D eigenvalue weighted by Gasteiger charge is -2.31. The number of furan rings is 1. The Hall–Kier alpha value is -1.10. The molecule has 0 radical (unpaired) electrons. The summed E-state index contributed by atoms with van der Waals surface area (Å²) in [5.41, 5.74) is 0.522. The predicted molar refractivity (Wildman–Crippen MR) is 65.7 cm³/mol. The van der Waals surface area contributed by atoms with Crippen molar-refractivity contribution >= 4 is 27.6 Å². The molecule has 1 saturated heterocycles. The van der Waals surface area contributed by atoms with Crippen LogP contribution in [-0.2, 0) is 4.79 Å². The molecule has 1 amide bonds. The number of amides is 1. The summed E-state index contributed by atoms with van der Waals surface area (Å²) in [4.78, 5) is 25.5. The van der Waals surface area contributed by atoms with Gasteiger partial charge in [0.05, 0.1) is 11.8 Å². The number of Topliss-reactive ketones (excluding diaryl/α,β-unsaturated/α-hetero) is 1. The van der Waals surface area contributed by atoms with E-state index < -0.39 is 0 Å². The maximum absolute atomic E-state index is 12.2. The Labute approximate surface area is 108 Å². The van der Waals surface area contributed by atoms with Crippen LogP contribution in [0.3, 0.4) is 0 Å². The van der Waals surface area contributed by atoms with E-state index in [0.29, 0.717) is 29.7 Å². The molecule has 1 atom stereocenters. The van der Waals surface area contributed by atoms with E-state index >= 15 is 0 Å². The summed E-state index contributed by atoms with van der Waals surface area (Å²) in [6.45, 7) is 3.00. The minimum absolute atomic E-state index is 0.0154. The van der Waals surface area contributed by atoms with E-state index in [0.717, 1.165) is 6.42 Å². The van der Waals surface area contributed by atoms with Gasteiger partial charge in [0.2, 0.25) is 0 Å². The van der Waals surface area contributed by atoms with Crippen LogP contribution in [0.5, 0.6) is 0 Å². The van der Waals surface area contributed by atoms with Crippen molar-refractivity contribution in [2.75, 3.05) is 13.1 Å². The Morgan fingerprint density at radius 3 is 3.00 bits per heavy atom. The second-order valence-electron chi connectivity index (χ2n) is 4.18. The molecule has 2 heterocycles. The number of halogens is 1. The highest BCUT2D eigenvalue weighted by Gasteiger charge is 2.30. The highest BCUT2D eigenvalue weighted by Crippen LogP contribution is 2.23. The molecule has 1 aliphatic heterocycles. The molecular formula is C12H14BrNO3. The molecule has 17 heavy (non-hydrogen) atoms. The van der Waals surface area contributed by atoms with Crippen molar-refractivity contribution in [3.8, 4) is 0 Å². The SMILES string of the molecule is CCC1CN(C(=O)c2ccoc2Br)CCC1=O. The van der Waals surface area contributed by atoms with Gasteiger partial charge in [-0.1, -0.05) is 6.92 Å². The monoisotopic (exact) mass is 299 g/mol. The zero-order valence-corrected chi connectivity index (χ0v) is 11.2. The number of nitrogens with zero attached hydrogens (tertiary/aromatic N) is 1. The van der Waals surface area contributed by atoms with Crippen LogP contribution >= 0.6 is 15.9 Å². The van der Waals surface area contributed by atoms with E-state index in [1.54, 1.807) is 11.0 Å². The Balaban J connectivity index is 2.11. The van der Waals surface area contributed by atoms with Gasteiger partial charge in [-0.15, -0.1) is 0 Å². The number of likely N-dealkylation sites (tertiary alicyclic amines) is 1. The highest BCUT2D eigenvalue weighted by molar-refractivity contribution is 9.10. The normalized spacial score (nSPS) is 20.7. The summed E-state index contributed by atoms with van der Waals surface area (Å²) in [6, 6.07) is 1.64. The summed E-state index contributed by atoms with van der Waals surface area (Å²) in [6.07, 6.45) is 2.72. The average molecular weight is 300 g/mol. The zero-order chi connectivity index (χ0) is 12.4. The van der Waals surface area contributed by atoms with Crippen LogP contribution in [0.4, 0.5) is 0 Å². The molecule has 1 aromatic heterocycles. The van der Waals surface area contributed by atoms with E-state index in [2.05, 4.69) is 15.9 Å². The van der Waals surface area contributed by atoms with Gasteiger partial charge in [-0.2, -0.15) is 0 Å². The van der Waals surface area contributed by atoms with Gasteiger partial charge in [-0.05, 0) is 28.4 Å². The van der Waals surface area contributed by atoms with E-state index in [1.807, 2.05) is 6.92 Å². The van der Waals surface area contributed by atoms with E-state index in [-0.39, 0.29) is 17.6 Å². The molecule has 1 aliphatic rings. The quantitative estimate of drug-likeness (QED) is 0.843. The van der Waals surface area contributed by atoms with Crippen LogP contribution in [0, 0.1) is 5.92 Å². The fraction of sp³-hybridized carbons (Fsp3) is 0.500. The summed E-state index contributed by atoms with van der Waals surface area (Å²) < 4.78 is 5.50. The van der Waals surface area contributed by atoms with Crippen molar-refractivity contribution in [1.29, 1.82) is 0 Å². The first kappa shape index (κ1) is 12.4. The van der Waals surface area contributed by atoms with Crippen LogP contribution in [-0.4, -0.2) is 29.7 Å². The second-order valence-corrected chi connectivity index (χ2v) is 4.90. The molecule has 4 nitrogen and oxygen atoms in total. The molecule has 0 bridgehead atoms. The van der Waals surface area contributed by atoms with Gasteiger partial charge in [0.25, 0.3) is 5.91 Å². The Morgan fingerprint density at radius 1 is 1.65 bits per heavy atom. The Kier molecular flexibility index (Phi) is 3.66. The largest absolute Gasteiger partial charge is 0.457 e. The summed E-state index contributed by atoms with van der Waals surface area (Å²) in [5, 5.41) is 0. The molecule has 1 aromatic rings. The summed E-state index contributed by atoms with van der Waals surface area (Å²) in [5.74, 6) is 0.178. The number of hydrogen-bond donors (Lipinski definition) is 0. The van der Waals surface area contributed by atoms with Gasteiger partial charge in [0.1, 0.15) is 5.78 Å². The zero-order valence-electron chi connectivity index (χ0n) is 9.61. The standard InChI is InChI=1S/C12H14BrNO3/c1-2-8-7-14(5-3-10(8)15)12(16)9-4-6-17-11(9)13/h4,6,8H,2-3,5,7H2,1H3. The van der Waals surface area contributed by atoms with Gasteiger partial charge < -0.3 is 9.32 Å². The molecule has 1 fully saturated rings. The first-order valence-corrected chi connectivity index (χ1v) is 6.47. The third-order valence-electron chi connectivity index (χ3n) is 3.15. The first-order valence-electron chi connectivity index (χ1n) is 5.68. The van der Waals surface area contributed by atoms with Crippen molar-refractivity contribution < 1.29 is 14.0 Å². The van der Waals surface area contributed by atoms with Crippen molar-refractivity contribution in [2.24, 2.45) is 5.92 Å². The van der Waals surface area contributed by atoms with Gasteiger partial charge in [0.15, 0.2) is 4.67 Å². The maximum atomic E-state index is 12.2. The van der Waals surface area contributed by atoms with Crippen LogP contribution in [0.25, 0.3) is 0 Å². The topological polar surface area (TPSA) is 50.5 Å². The van der Waals surface area contributed by atoms with Crippen LogP contribution in [0.2, 0.25) is 0 Å². The Bertz CT molecular complexity index is 441. The molecule has 2 rings (SSSR count). The number of hydrogen-bond acceptors (Lipinski definition) is 3. The molecular weight excluding hydrogens is 286 g/mol. The lowest BCUT2D eigenvalue weighted by molar-refractivity contribution is -0.125. The lowest BCUT2D eigenvalue weighted by Crippen LogP contribution is -2.43. The van der Waals surface area contributed by atoms with Crippen molar-refractivity contribution in [1.82, 2.24) is 4.90 Å². The van der Waals surface area contributed by atoms with Gasteiger partial charge in [-0.3, -0.25) is 9.59 Å². The summed E-state index contributed by atoms with van der Waals surface area (Å²) >= 11 is 3.20. The molecule has 0 aliphatic carbocycles. The van der Waals surface area contributed by atoms with Gasteiger partial charge in [-0.25, -0.2) is 0 Å². The van der Waals surface area contributed by atoms with Crippen molar-refractivity contribution in [2.45, 2.75) is 19.8 Å². The number of carbonyl (C=O) groups is 2. The highest BCUT2D eigenvalue weighted by atomic mass is 79.9. The van der Waals surface area contributed by atoms with E-state index in [4.69, 9.17) is 4.42 Å². The van der Waals surface area contributed by atoms with E-state index in [1.165, 1.54) is 6.26 Å². The third kappa shape index (κ3) is 2.44. The maximum Gasteiger partial charge on any atom is 0.258 e. The number of ketones is 1. The number of piperidine rings is 1. The second kappa shape index (κ2) is 5.04. The van der Waals surface area contributed by atoms with Crippen molar-refractivity contribution in [3.63, 3.8) is 0 Å². The van der Waals surface area contributed by atoms with Crippen LogP contribution < -0.4 is 0 Å². The minimum atomic E-state index is -0.0726. The number of rotatable bonds is 2. The molecule has 0 N–H and O–H groups in total. The predicted octanol–water partition coefficient (Wildman–Crippen LogP) is 2.48. The van der Waals surface area contributed by atoms with Crippen LogP contribution in [0.15, 0.2) is 21.4 Å². The molecule has 1 unspecified atom stereocenters. The third-order valence-corrected chi connectivity index (χ3v) is 3.77. The smallest absolute Gasteiger partial charge is 0.258 e. The fourth-order valence-electron chi connectivity index (χ4n) is 2.07. The average Bonchev–Trinajstić information content (AvgIpc) is 2.75. The molecule has 5 heteroatoms. The van der Waals surface area contributed by atoms with Crippen molar-refractivity contribution in [3.05, 3.63) is 22.6 Å². The van der Waals surface area contributed by atoms with Gasteiger partial charge >= 0.3 is 0 Å². The summed E-state index contributed by atoms with van der Waals surface area (Å²) in [7, 11) is 0. The molecule has 0 spiro atoms. The fourth-order valence-corrected chi connectivity index (χ4v) is 2.48. The molecule has 0 aromatic carbocycles. The molecule has 92 valence electrons. The number of carbonyl (C=O) groups excluding carboxylic acids is 2. The van der Waals surface area contributed by atoms with Crippen LogP contribution in [0.1, 0.15) is 30.1 Å². The van der Waals surface area contributed by atoms with E-state index in [9.17, 15) is 9.59 Å². The molecule has 0 saturated carbocycles. The first-order chi connectivity index (χ1) is 8.13. The van der Waals surface area contributed by atoms with Gasteiger partial charge in [0, 0.05) is 25.4 Å². The Morgan fingerprint density at radius 2 is 2.41 bits per heavy atom. The minimum Gasteiger partial charge on any atom is -0.457 e. The lowest BCUT2D eigenvalue weighted by atomic mass is 9.94.